The van der Waals surface area contributed by atoms with E-state index in [9.17, 15) is 4.57 Å². The molecule has 0 aromatic carbocycles. The fraction of sp³-hybridized carbons (Fsp3) is 1.00. The van der Waals surface area contributed by atoms with E-state index in [0.29, 0.717) is 78.5 Å². The third-order valence-electron chi connectivity index (χ3n) is 10.5. The SMILES string of the molecule is CCC1(CC(CC2(CC)COP(C)OC2)O[P+](=O)OC(CC2(CC)COP(C)OC2)CC2(CC)COP(C)OC2)COP(C)OC1. The smallest absolute Gasteiger partial charge is 0.334 e. The lowest BCUT2D eigenvalue weighted by atomic mass is 9.75. The van der Waals surface area contributed by atoms with Gasteiger partial charge in [-0.3, -0.25) is 0 Å². The highest BCUT2D eigenvalue weighted by Gasteiger charge is 2.48. The van der Waals surface area contributed by atoms with Gasteiger partial charge in [0, 0.05) is 52.9 Å². The van der Waals surface area contributed by atoms with E-state index in [0.717, 1.165) is 25.7 Å². The summed E-state index contributed by atoms with van der Waals surface area (Å²) < 4.78 is 75.3. The second-order valence-electron chi connectivity index (χ2n) is 13.9. The van der Waals surface area contributed by atoms with E-state index in [1.54, 1.807) is 0 Å². The highest BCUT2D eigenvalue weighted by atomic mass is 31.2. The van der Waals surface area contributed by atoms with Crippen LogP contribution in [0.1, 0.15) is 79.1 Å². The van der Waals surface area contributed by atoms with E-state index in [1.165, 1.54) is 0 Å². The predicted octanol–water partition coefficient (Wildman–Crippen LogP) is 9.51. The van der Waals surface area contributed by atoms with Crippen molar-refractivity contribution in [2.45, 2.75) is 91.3 Å². The first-order valence-corrected chi connectivity index (χ1v) is 24.3. The third-order valence-corrected chi connectivity index (χ3v) is 15.4. The predicted molar refractivity (Wildman–Crippen MR) is 186 cm³/mol. The molecule has 0 aromatic rings. The molecule has 11 nitrogen and oxygen atoms in total. The Morgan fingerprint density at radius 1 is 0.478 bits per heavy atom. The van der Waals surface area contributed by atoms with Crippen LogP contribution in [0.5, 0.6) is 0 Å². The molecule has 0 bridgehead atoms. The summed E-state index contributed by atoms with van der Waals surface area (Å²) in [5.74, 6) is 0. The van der Waals surface area contributed by atoms with Gasteiger partial charge in [-0.2, -0.15) is 0 Å². The molecule has 0 aliphatic carbocycles. The largest absolute Gasteiger partial charge is 0.697 e. The number of hydrogen-bond donors (Lipinski definition) is 0. The third kappa shape index (κ3) is 11.2. The van der Waals surface area contributed by atoms with E-state index in [4.69, 9.17) is 45.2 Å². The lowest BCUT2D eigenvalue weighted by Gasteiger charge is -2.43. The summed E-state index contributed by atoms with van der Waals surface area (Å²) in [6.45, 7) is 21.3. The molecule has 0 saturated carbocycles. The van der Waals surface area contributed by atoms with Gasteiger partial charge in [-0.05, 0) is 51.4 Å². The molecule has 4 heterocycles. The Balaban J connectivity index is 1.54. The highest BCUT2D eigenvalue weighted by Crippen LogP contribution is 2.53. The van der Waals surface area contributed by atoms with Crippen LogP contribution in [-0.2, 0) is 49.8 Å². The van der Waals surface area contributed by atoms with Crippen molar-refractivity contribution >= 4 is 41.8 Å². The molecule has 4 fully saturated rings. The van der Waals surface area contributed by atoms with Gasteiger partial charge in [-0.25, -0.2) is 0 Å². The monoisotopic (exact) mass is 749 g/mol. The zero-order valence-corrected chi connectivity index (χ0v) is 33.7. The van der Waals surface area contributed by atoms with Gasteiger partial charge in [-0.15, -0.1) is 9.05 Å². The minimum absolute atomic E-state index is 0.235. The molecule has 0 atom stereocenters. The second-order valence-corrected chi connectivity index (χ2v) is 20.3. The van der Waals surface area contributed by atoms with Gasteiger partial charge < -0.3 is 36.2 Å². The molecule has 46 heavy (non-hydrogen) atoms. The van der Waals surface area contributed by atoms with Gasteiger partial charge in [0.2, 0.25) is 0 Å². The molecule has 0 aromatic heterocycles. The van der Waals surface area contributed by atoms with Crippen LogP contribution in [0.4, 0.5) is 0 Å². The van der Waals surface area contributed by atoms with Crippen molar-refractivity contribution in [3.8, 4) is 0 Å². The van der Waals surface area contributed by atoms with Gasteiger partial charge in [0.05, 0.1) is 52.9 Å². The van der Waals surface area contributed by atoms with Crippen molar-refractivity contribution in [3.63, 3.8) is 0 Å². The lowest BCUT2D eigenvalue weighted by Crippen LogP contribution is -2.43. The first-order chi connectivity index (χ1) is 21.9. The van der Waals surface area contributed by atoms with Crippen molar-refractivity contribution < 1.29 is 49.8 Å². The Morgan fingerprint density at radius 3 is 0.848 bits per heavy atom. The molecule has 0 amide bonds. The first-order valence-electron chi connectivity index (χ1n) is 16.7. The second kappa shape index (κ2) is 18.3. The van der Waals surface area contributed by atoms with Crippen LogP contribution in [0.2, 0.25) is 0 Å². The quantitative estimate of drug-likeness (QED) is 0.141. The van der Waals surface area contributed by atoms with E-state index >= 15 is 0 Å². The van der Waals surface area contributed by atoms with Crippen LogP contribution in [0.3, 0.4) is 0 Å². The normalized spacial score (nSPS) is 40.7. The molecular weight excluding hydrogens is 691 g/mol. The van der Waals surface area contributed by atoms with Crippen LogP contribution in [0.15, 0.2) is 0 Å². The van der Waals surface area contributed by atoms with E-state index in [2.05, 4.69) is 27.7 Å². The highest BCUT2D eigenvalue weighted by molar-refractivity contribution is 7.47. The van der Waals surface area contributed by atoms with Crippen LogP contribution in [0, 0.1) is 21.7 Å². The van der Waals surface area contributed by atoms with Crippen molar-refractivity contribution in [3.05, 3.63) is 0 Å². The van der Waals surface area contributed by atoms with Gasteiger partial charge in [0.1, 0.15) is 12.2 Å². The summed E-state index contributed by atoms with van der Waals surface area (Å²) in [6, 6.07) is 0. The van der Waals surface area contributed by atoms with Crippen LogP contribution in [-0.4, -0.2) is 91.7 Å². The molecule has 4 saturated heterocycles. The van der Waals surface area contributed by atoms with Crippen molar-refractivity contribution in [1.82, 2.24) is 0 Å². The molecule has 4 aliphatic heterocycles. The summed E-state index contributed by atoms with van der Waals surface area (Å²) in [7, 11) is -5.99. The van der Waals surface area contributed by atoms with E-state index in [-0.39, 0.29) is 33.9 Å². The van der Waals surface area contributed by atoms with Gasteiger partial charge in [0.15, 0.2) is 33.5 Å². The maximum absolute atomic E-state index is 14.1. The maximum Gasteiger partial charge on any atom is 0.697 e. The Bertz CT molecular complexity index is 796. The number of hydrogen-bond acceptors (Lipinski definition) is 11. The van der Waals surface area contributed by atoms with Crippen LogP contribution >= 0.6 is 41.8 Å². The minimum Gasteiger partial charge on any atom is -0.334 e. The van der Waals surface area contributed by atoms with Crippen molar-refractivity contribution in [1.29, 1.82) is 0 Å². The summed E-state index contributed by atoms with van der Waals surface area (Å²) in [5, 5.41) is 0. The molecule has 268 valence electrons. The lowest BCUT2D eigenvalue weighted by molar-refractivity contribution is -0.0520. The Hall–Kier alpha value is 1.42. The summed E-state index contributed by atoms with van der Waals surface area (Å²) in [6.07, 6.45) is 5.31. The average molecular weight is 750 g/mol. The Morgan fingerprint density at radius 2 is 0.674 bits per heavy atom. The molecule has 0 spiro atoms. The Kier molecular flexibility index (Phi) is 16.0. The molecular formula is C30H58O11P5+. The van der Waals surface area contributed by atoms with Crippen LogP contribution < -0.4 is 0 Å². The summed E-state index contributed by atoms with van der Waals surface area (Å²) in [5.41, 5.74) is -0.941. The van der Waals surface area contributed by atoms with Crippen molar-refractivity contribution in [2.24, 2.45) is 21.7 Å². The molecule has 4 rings (SSSR count). The minimum atomic E-state index is -2.47. The Labute approximate surface area is 283 Å². The fourth-order valence-corrected chi connectivity index (χ4v) is 11.3. The van der Waals surface area contributed by atoms with Crippen LogP contribution in [0.25, 0.3) is 0 Å². The zero-order valence-electron chi connectivity index (χ0n) is 29.2. The van der Waals surface area contributed by atoms with Gasteiger partial charge in [0.25, 0.3) is 0 Å². The van der Waals surface area contributed by atoms with E-state index < -0.39 is 41.8 Å². The average Bonchev–Trinajstić information content (AvgIpc) is 3.06. The molecule has 16 heteroatoms. The summed E-state index contributed by atoms with van der Waals surface area (Å²) >= 11 is 0. The topological polar surface area (TPSA) is 109 Å². The molecule has 4 aliphatic rings. The standard InChI is InChI=1S/C30H58O11P5/c1-9-27(17-32-42(5)33-18-27)13-25(14-28(10-2)19-34-43(6)35-20-28)40-46(31)41-26(15-29(11-3)21-36-44(7)37-22-29)16-30(12-4)23-38-45(8)39-24-30/h25-26H,9-24H2,1-8H3/q+1. The van der Waals surface area contributed by atoms with E-state index in [1.807, 2.05) is 26.7 Å². The van der Waals surface area contributed by atoms with Crippen molar-refractivity contribution in [2.75, 3.05) is 79.5 Å². The molecule has 0 N–H and O–H groups in total. The molecule has 0 radical (unpaired) electrons. The number of rotatable bonds is 16. The van der Waals surface area contributed by atoms with Gasteiger partial charge in [-0.1, -0.05) is 27.7 Å². The zero-order chi connectivity index (χ0) is 33.4. The fourth-order valence-electron chi connectivity index (χ4n) is 6.50. The first kappa shape index (κ1) is 40.2. The molecule has 0 unspecified atom stereocenters. The summed E-state index contributed by atoms with van der Waals surface area (Å²) in [4.78, 5) is 0. The maximum atomic E-state index is 14.1. The van der Waals surface area contributed by atoms with Gasteiger partial charge >= 0.3 is 8.25 Å².